The molecule has 0 radical (unpaired) electrons. The molecule has 3 rings (SSSR count). The second-order valence-electron chi connectivity index (χ2n) is 6.16. The van der Waals surface area contributed by atoms with E-state index in [2.05, 4.69) is 26.9 Å². The summed E-state index contributed by atoms with van der Waals surface area (Å²) in [6.07, 6.45) is -3.65. The molecule has 1 atom stereocenters. The molecule has 150 valence electrons. The van der Waals surface area contributed by atoms with Crippen LogP contribution in [-0.2, 0) is 11.0 Å². The fourth-order valence-corrected chi connectivity index (χ4v) is 2.70. The van der Waals surface area contributed by atoms with E-state index < -0.39 is 35.5 Å². The van der Waals surface area contributed by atoms with Gasteiger partial charge >= 0.3 is 6.18 Å². The number of amides is 2. The van der Waals surface area contributed by atoms with Gasteiger partial charge in [0.2, 0.25) is 11.7 Å². The number of carbonyl (C=O) groups is 2. The Bertz CT molecular complexity index is 1060. The number of nitrogens with one attached hydrogen (secondary N) is 2. The summed E-state index contributed by atoms with van der Waals surface area (Å²) in [5, 5.41) is 9.88. The van der Waals surface area contributed by atoms with Crippen molar-refractivity contribution >= 4 is 22.6 Å². The monoisotopic (exact) mass is 403 g/mol. The van der Waals surface area contributed by atoms with Crippen molar-refractivity contribution in [1.29, 1.82) is 0 Å². The largest absolute Gasteiger partial charge is 0.436 e. The minimum Gasteiger partial charge on any atom is -0.350 e. The quantitative estimate of drug-likeness (QED) is 0.616. The van der Waals surface area contributed by atoms with Crippen LogP contribution < -0.4 is 10.6 Å². The number of aromatic nitrogens is 1. The highest BCUT2D eigenvalue weighted by Gasteiger charge is 2.36. The Kier molecular flexibility index (Phi) is 5.67. The Morgan fingerprint density at radius 1 is 1.14 bits per heavy atom. The molecule has 2 amide bonds. The van der Waals surface area contributed by atoms with Crippen LogP contribution >= 0.6 is 0 Å². The van der Waals surface area contributed by atoms with E-state index in [0.29, 0.717) is 11.6 Å². The van der Waals surface area contributed by atoms with Crippen molar-refractivity contribution < 1.29 is 27.3 Å². The zero-order valence-electron chi connectivity index (χ0n) is 15.0. The van der Waals surface area contributed by atoms with Crippen molar-refractivity contribution in [3.8, 4) is 0 Å². The van der Waals surface area contributed by atoms with Gasteiger partial charge in [-0.3, -0.25) is 9.59 Å². The van der Waals surface area contributed by atoms with Gasteiger partial charge in [-0.2, -0.15) is 13.2 Å². The second-order valence-corrected chi connectivity index (χ2v) is 6.16. The van der Waals surface area contributed by atoms with Gasteiger partial charge in [-0.05, 0) is 28.5 Å². The van der Waals surface area contributed by atoms with Gasteiger partial charge < -0.3 is 15.2 Å². The molecule has 3 aromatic rings. The minimum absolute atomic E-state index is 0.00476. The molecule has 0 saturated carbocycles. The molecule has 29 heavy (non-hydrogen) atoms. The molecule has 0 aliphatic carbocycles. The van der Waals surface area contributed by atoms with Crippen molar-refractivity contribution in [2.24, 2.45) is 0 Å². The predicted molar refractivity (Wildman–Crippen MR) is 98.9 cm³/mol. The van der Waals surface area contributed by atoms with Crippen molar-refractivity contribution in [2.45, 2.75) is 12.2 Å². The van der Waals surface area contributed by atoms with Gasteiger partial charge in [-0.1, -0.05) is 48.1 Å². The maximum Gasteiger partial charge on any atom is 0.436 e. The molecule has 2 N–H and O–H groups in total. The zero-order valence-corrected chi connectivity index (χ0v) is 15.0. The molecule has 0 saturated heterocycles. The van der Waals surface area contributed by atoms with Crippen LogP contribution in [0.15, 0.2) is 65.7 Å². The number of carbonyl (C=O) groups excluding carboxylic acids is 2. The number of alkyl halides is 3. The maximum absolute atomic E-state index is 12.7. The van der Waals surface area contributed by atoms with Gasteiger partial charge in [0.1, 0.15) is 0 Å². The molecular formula is C20H16F3N3O3. The molecule has 1 aromatic heterocycles. The molecule has 1 heterocycles. The van der Waals surface area contributed by atoms with Gasteiger partial charge in [0, 0.05) is 12.6 Å². The number of rotatable bonds is 6. The van der Waals surface area contributed by atoms with Crippen LogP contribution in [0.5, 0.6) is 0 Å². The van der Waals surface area contributed by atoms with E-state index in [1.54, 1.807) is 6.07 Å². The van der Waals surface area contributed by atoms with Crippen molar-refractivity contribution in [3.63, 3.8) is 0 Å². The summed E-state index contributed by atoms with van der Waals surface area (Å²) in [5.41, 5.74) is -0.651. The molecule has 9 heteroatoms. The van der Waals surface area contributed by atoms with E-state index in [1.807, 2.05) is 36.4 Å². The van der Waals surface area contributed by atoms with Crippen molar-refractivity contribution in [3.05, 3.63) is 78.2 Å². The normalized spacial score (nSPS) is 12.4. The SMILES string of the molecule is C=CC(=O)NCC(NC(=O)c1cc(C(F)(F)F)no1)c1ccc2ccccc2c1. The molecule has 0 bridgehead atoms. The highest BCUT2D eigenvalue weighted by atomic mass is 19.4. The highest BCUT2D eigenvalue weighted by Crippen LogP contribution is 2.28. The zero-order chi connectivity index (χ0) is 21.0. The first-order valence-electron chi connectivity index (χ1n) is 8.51. The third-order valence-corrected chi connectivity index (χ3v) is 4.17. The number of hydrogen-bond donors (Lipinski definition) is 2. The minimum atomic E-state index is -4.72. The molecule has 0 aliphatic heterocycles. The summed E-state index contributed by atoms with van der Waals surface area (Å²) < 4.78 is 42.6. The molecule has 6 nitrogen and oxygen atoms in total. The van der Waals surface area contributed by atoms with Crippen LogP contribution in [0.2, 0.25) is 0 Å². The Hall–Kier alpha value is -3.62. The van der Waals surface area contributed by atoms with Crippen LogP contribution in [0, 0.1) is 0 Å². The summed E-state index contributed by atoms with van der Waals surface area (Å²) in [7, 11) is 0. The lowest BCUT2D eigenvalue weighted by Crippen LogP contribution is -2.37. The smallest absolute Gasteiger partial charge is 0.350 e. The van der Waals surface area contributed by atoms with Gasteiger partial charge in [-0.15, -0.1) is 0 Å². The summed E-state index contributed by atoms with van der Waals surface area (Å²) >= 11 is 0. The average molecular weight is 403 g/mol. The Morgan fingerprint density at radius 2 is 1.86 bits per heavy atom. The number of benzene rings is 2. The van der Waals surface area contributed by atoms with E-state index in [4.69, 9.17) is 0 Å². The number of nitrogens with zero attached hydrogens (tertiary/aromatic N) is 1. The van der Waals surface area contributed by atoms with Crippen LogP contribution in [0.3, 0.4) is 0 Å². The van der Waals surface area contributed by atoms with Gasteiger partial charge in [-0.25, -0.2) is 0 Å². The Morgan fingerprint density at radius 3 is 2.52 bits per heavy atom. The second kappa shape index (κ2) is 8.17. The van der Waals surface area contributed by atoms with Gasteiger partial charge in [0.05, 0.1) is 6.04 Å². The Balaban J connectivity index is 1.86. The maximum atomic E-state index is 12.7. The van der Waals surface area contributed by atoms with Crippen LogP contribution in [-0.4, -0.2) is 23.5 Å². The van der Waals surface area contributed by atoms with Crippen LogP contribution in [0.1, 0.15) is 27.9 Å². The van der Waals surface area contributed by atoms with Crippen molar-refractivity contribution in [2.75, 3.05) is 6.54 Å². The lowest BCUT2D eigenvalue weighted by atomic mass is 10.0. The first-order chi connectivity index (χ1) is 13.8. The summed E-state index contributed by atoms with van der Waals surface area (Å²) in [6, 6.07) is 12.8. The fourth-order valence-electron chi connectivity index (χ4n) is 2.70. The van der Waals surface area contributed by atoms with Gasteiger partial charge in [0.25, 0.3) is 5.91 Å². The van der Waals surface area contributed by atoms with Crippen molar-refractivity contribution in [1.82, 2.24) is 15.8 Å². The van der Waals surface area contributed by atoms with E-state index in [-0.39, 0.29) is 6.54 Å². The van der Waals surface area contributed by atoms with E-state index in [0.717, 1.165) is 16.8 Å². The molecular weight excluding hydrogens is 387 g/mol. The molecule has 2 aromatic carbocycles. The first-order valence-corrected chi connectivity index (χ1v) is 8.51. The summed E-state index contributed by atoms with van der Waals surface area (Å²) in [6.45, 7) is 3.35. The lowest BCUT2D eigenvalue weighted by molar-refractivity contribution is -0.142. The Labute approximate surface area is 163 Å². The number of hydrogen-bond acceptors (Lipinski definition) is 4. The molecule has 0 spiro atoms. The number of fused-ring (bicyclic) bond motifs is 1. The first kappa shape index (κ1) is 20.1. The predicted octanol–water partition coefficient (Wildman–Crippen LogP) is 3.62. The van der Waals surface area contributed by atoms with Gasteiger partial charge in [0.15, 0.2) is 5.69 Å². The van der Waals surface area contributed by atoms with E-state index in [9.17, 15) is 22.8 Å². The molecule has 0 fully saturated rings. The lowest BCUT2D eigenvalue weighted by Gasteiger charge is -2.19. The highest BCUT2D eigenvalue weighted by molar-refractivity contribution is 5.92. The third kappa shape index (κ3) is 4.81. The van der Waals surface area contributed by atoms with Crippen LogP contribution in [0.25, 0.3) is 10.8 Å². The summed E-state index contributed by atoms with van der Waals surface area (Å²) in [4.78, 5) is 23.9. The third-order valence-electron chi connectivity index (χ3n) is 4.17. The summed E-state index contributed by atoms with van der Waals surface area (Å²) in [5.74, 6) is -1.93. The fraction of sp³-hybridized carbons (Fsp3) is 0.150. The van der Waals surface area contributed by atoms with E-state index >= 15 is 0 Å². The van der Waals surface area contributed by atoms with Crippen LogP contribution in [0.4, 0.5) is 13.2 Å². The molecule has 0 aliphatic rings. The standard InChI is InChI=1S/C20H16F3N3O3/c1-2-18(27)24-11-15(14-8-7-12-5-3-4-6-13(12)9-14)25-19(28)16-10-17(26-29-16)20(21,22)23/h2-10,15H,1,11H2,(H,24,27)(H,25,28). The topological polar surface area (TPSA) is 84.2 Å². The number of halogens is 3. The van der Waals surface area contributed by atoms with E-state index in [1.165, 1.54) is 0 Å². The molecule has 1 unspecified atom stereocenters. The average Bonchev–Trinajstić information content (AvgIpc) is 3.21.